The van der Waals surface area contributed by atoms with E-state index in [-0.39, 0.29) is 22.2 Å². The van der Waals surface area contributed by atoms with Crippen molar-refractivity contribution in [3.05, 3.63) is 62.7 Å². The predicted molar refractivity (Wildman–Crippen MR) is 123 cm³/mol. The number of nitro groups is 1. The number of rotatable bonds is 9. The summed E-state index contributed by atoms with van der Waals surface area (Å²) < 4.78 is 5.01. The number of carbonyl (C=O) groups excluding carboxylic acids is 2. The van der Waals surface area contributed by atoms with Crippen LogP contribution in [0.15, 0.2) is 36.4 Å². The van der Waals surface area contributed by atoms with Crippen molar-refractivity contribution in [3.63, 3.8) is 0 Å². The van der Waals surface area contributed by atoms with Gasteiger partial charge in [0.2, 0.25) is 0 Å². The lowest BCUT2D eigenvalue weighted by Crippen LogP contribution is -2.29. The number of carbonyl (C=O) groups is 2. The minimum absolute atomic E-state index is 0.0264. The average Bonchev–Trinajstić information content (AvgIpc) is 3.31. The molecule has 2 amide bonds. The smallest absolute Gasteiger partial charge is 0.270 e. The van der Waals surface area contributed by atoms with Gasteiger partial charge < -0.3 is 20.3 Å². The SMILES string of the molecule is COCCCNC(=O)c1cc(NC(=O)c2ccc([N+](=O)[O-])cc2Cl)ccc1N1CCCC1. The number of benzene rings is 2. The lowest BCUT2D eigenvalue weighted by atomic mass is 10.1. The first-order chi connectivity index (χ1) is 15.4. The number of anilines is 2. The van der Waals surface area contributed by atoms with Crippen LogP contribution in [0, 0.1) is 10.1 Å². The molecular weight excluding hydrogens is 436 g/mol. The van der Waals surface area contributed by atoms with Crippen molar-refractivity contribution in [2.24, 2.45) is 0 Å². The Morgan fingerprint density at radius 2 is 1.88 bits per heavy atom. The van der Waals surface area contributed by atoms with Gasteiger partial charge in [-0.1, -0.05) is 11.6 Å². The molecule has 0 radical (unpaired) electrons. The molecule has 2 aromatic rings. The van der Waals surface area contributed by atoms with Crippen molar-refractivity contribution in [1.82, 2.24) is 5.32 Å². The Morgan fingerprint density at radius 3 is 2.53 bits per heavy atom. The van der Waals surface area contributed by atoms with E-state index in [1.807, 2.05) is 6.07 Å². The molecule has 1 heterocycles. The summed E-state index contributed by atoms with van der Waals surface area (Å²) in [5.74, 6) is -0.752. The van der Waals surface area contributed by atoms with Gasteiger partial charge in [-0.3, -0.25) is 19.7 Å². The van der Waals surface area contributed by atoms with Gasteiger partial charge in [-0.15, -0.1) is 0 Å². The average molecular weight is 461 g/mol. The van der Waals surface area contributed by atoms with Crippen LogP contribution in [0.3, 0.4) is 0 Å². The molecule has 0 unspecified atom stereocenters. The van der Waals surface area contributed by atoms with Crippen LogP contribution < -0.4 is 15.5 Å². The fourth-order valence-corrected chi connectivity index (χ4v) is 3.80. The fourth-order valence-electron chi connectivity index (χ4n) is 3.54. The standard InChI is InChI=1S/C22H25ClN4O5/c1-32-12-4-9-24-21(28)18-13-15(5-8-20(18)26-10-2-3-11-26)25-22(29)17-7-6-16(27(30)31)14-19(17)23/h5-8,13-14H,2-4,9-12H2,1H3,(H,24,28)(H,25,29). The lowest BCUT2D eigenvalue weighted by molar-refractivity contribution is -0.384. The summed E-state index contributed by atoms with van der Waals surface area (Å²) in [4.78, 5) is 38.0. The summed E-state index contributed by atoms with van der Waals surface area (Å²) in [6.07, 6.45) is 2.81. The monoisotopic (exact) mass is 460 g/mol. The Balaban J connectivity index is 1.81. The molecule has 3 rings (SSSR count). The Bertz CT molecular complexity index is 1010. The molecule has 0 spiro atoms. The quantitative estimate of drug-likeness (QED) is 0.333. The van der Waals surface area contributed by atoms with Crippen molar-refractivity contribution in [3.8, 4) is 0 Å². The number of hydrogen-bond donors (Lipinski definition) is 2. The second-order valence-corrected chi connectivity index (χ2v) is 7.81. The van der Waals surface area contributed by atoms with E-state index >= 15 is 0 Å². The maximum atomic E-state index is 12.9. The largest absolute Gasteiger partial charge is 0.385 e. The van der Waals surface area contributed by atoms with Crippen LogP contribution in [0.2, 0.25) is 5.02 Å². The Labute approximate surface area is 190 Å². The number of nitro benzene ring substituents is 1. The normalized spacial score (nSPS) is 13.1. The van der Waals surface area contributed by atoms with Gasteiger partial charge in [0.1, 0.15) is 0 Å². The topological polar surface area (TPSA) is 114 Å². The molecule has 2 N–H and O–H groups in total. The van der Waals surface area contributed by atoms with Gasteiger partial charge in [0.15, 0.2) is 0 Å². The molecule has 170 valence electrons. The second kappa shape index (κ2) is 10.9. The third-order valence-electron chi connectivity index (χ3n) is 5.16. The van der Waals surface area contributed by atoms with Crippen LogP contribution >= 0.6 is 11.6 Å². The van der Waals surface area contributed by atoms with Gasteiger partial charge in [-0.05, 0) is 43.5 Å². The molecule has 10 heteroatoms. The molecule has 1 saturated heterocycles. The molecule has 1 aliphatic heterocycles. The van der Waals surface area contributed by atoms with Gasteiger partial charge >= 0.3 is 0 Å². The van der Waals surface area contributed by atoms with Crippen LogP contribution in [0.1, 0.15) is 40.0 Å². The van der Waals surface area contributed by atoms with Gasteiger partial charge in [-0.2, -0.15) is 0 Å². The number of non-ortho nitro benzene ring substituents is 1. The van der Waals surface area contributed by atoms with Crippen molar-refractivity contribution in [2.75, 3.05) is 43.6 Å². The van der Waals surface area contributed by atoms with Crippen LogP contribution in [-0.4, -0.2) is 50.1 Å². The summed E-state index contributed by atoms with van der Waals surface area (Å²) in [6, 6.07) is 8.84. The summed E-state index contributed by atoms with van der Waals surface area (Å²) in [7, 11) is 1.61. The molecule has 9 nitrogen and oxygen atoms in total. The highest BCUT2D eigenvalue weighted by Gasteiger charge is 2.21. The molecule has 2 aromatic carbocycles. The molecule has 1 fully saturated rings. The maximum absolute atomic E-state index is 12.9. The maximum Gasteiger partial charge on any atom is 0.270 e. The van der Waals surface area contributed by atoms with E-state index in [1.54, 1.807) is 19.2 Å². The third kappa shape index (κ3) is 5.74. The van der Waals surface area contributed by atoms with E-state index in [9.17, 15) is 19.7 Å². The summed E-state index contributed by atoms with van der Waals surface area (Å²) >= 11 is 6.06. The van der Waals surface area contributed by atoms with Crippen molar-refractivity contribution in [1.29, 1.82) is 0 Å². The highest BCUT2D eigenvalue weighted by molar-refractivity contribution is 6.34. The van der Waals surface area contributed by atoms with E-state index in [0.717, 1.165) is 37.7 Å². The number of nitrogens with one attached hydrogen (secondary N) is 2. The first kappa shape index (κ1) is 23.5. The van der Waals surface area contributed by atoms with E-state index in [2.05, 4.69) is 15.5 Å². The fraction of sp³-hybridized carbons (Fsp3) is 0.364. The van der Waals surface area contributed by atoms with E-state index in [4.69, 9.17) is 16.3 Å². The number of halogens is 1. The van der Waals surface area contributed by atoms with Crippen LogP contribution in [0.25, 0.3) is 0 Å². The number of hydrogen-bond acceptors (Lipinski definition) is 6. The minimum Gasteiger partial charge on any atom is -0.385 e. The zero-order valence-electron chi connectivity index (χ0n) is 17.7. The number of ether oxygens (including phenoxy) is 1. The first-order valence-corrected chi connectivity index (χ1v) is 10.7. The number of nitrogens with zero attached hydrogens (tertiary/aromatic N) is 2. The second-order valence-electron chi connectivity index (χ2n) is 7.40. The minimum atomic E-state index is -0.581. The van der Waals surface area contributed by atoms with Gasteiger partial charge in [0.25, 0.3) is 17.5 Å². The van der Waals surface area contributed by atoms with E-state index < -0.39 is 10.8 Å². The van der Waals surface area contributed by atoms with Gasteiger partial charge in [0, 0.05) is 56.9 Å². The summed E-state index contributed by atoms with van der Waals surface area (Å²) in [5, 5.41) is 16.5. The van der Waals surface area contributed by atoms with Crippen molar-refractivity contribution < 1.29 is 19.2 Å². The number of methoxy groups -OCH3 is 1. The van der Waals surface area contributed by atoms with E-state index in [0.29, 0.717) is 30.8 Å². The van der Waals surface area contributed by atoms with E-state index in [1.165, 1.54) is 12.1 Å². The lowest BCUT2D eigenvalue weighted by Gasteiger charge is -2.22. The zero-order chi connectivity index (χ0) is 23.1. The predicted octanol–water partition coefficient (Wildman–Crippen LogP) is 3.87. The molecule has 1 aliphatic rings. The highest BCUT2D eigenvalue weighted by Crippen LogP contribution is 2.29. The van der Waals surface area contributed by atoms with Gasteiger partial charge in [-0.25, -0.2) is 0 Å². The Hall–Kier alpha value is -3.17. The van der Waals surface area contributed by atoms with Crippen LogP contribution in [-0.2, 0) is 4.74 Å². The molecule has 32 heavy (non-hydrogen) atoms. The summed E-state index contributed by atoms with van der Waals surface area (Å²) in [6.45, 7) is 2.76. The first-order valence-electron chi connectivity index (χ1n) is 10.3. The Morgan fingerprint density at radius 1 is 1.12 bits per heavy atom. The van der Waals surface area contributed by atoms with Crippen molar-refractivity contribution >= 4 is 40.5 Å². The van der Waals surface area contributed by atoms with Crippen LogP contribution in [0.4, 0.5) is 17.1 Å². The molecule has 0 bridgehead atoms. The van der Waals surface area contributed by atoms with Crippen molar-refractivity contribution in [2.45, 2.75) is 19.3 Å². The Kier molecular flexibility index (Phi) is 8.02. The van der Waals surface area contributed by atoms with Crippen LogP contribution in [0.5, 0.6) is 0 Å². The van der Waals surface area contributed by atoms with Gasteiger partial charge in [0.05, 0.1) is 21.1 Å². The summed E-state index contributed by atoms with van der Waals surface area (Å²) in [5.41, 5.74) is 1.62. The molecule has 0 aromatic heterocycles. The molecule has 0 saturated carbocycles. The zero-order valence-corrected chi connectivity index (χ0v) is 18.5. The molecule has 0 atom stereocenters. The third-order valence-corrected chi connectivity index (χ3v) is 5.48. The molecule has 0 aliphatic carbocycles. The molecular formula is C22H25ClN4O5. The highest BCUT2D eigenvalue weighted by atomic mass is 35.5. The number of amides is 2.